The zero-order chi connectivity index (χ0) is 33.2. The van der Waals surface area contributed by atoms with Gasteiger partial charge >= 0.3 is 11.2 Å². The maximum atomic E-state index is 14.1. The Morgan fingerprint density at radius 1 is 1.11 bits per heavy atom. The second kappa shape index (κ2) is 13.3. The van der Waals surface area contributed by atoms with Gasteiger partial charge in [0.15, 0.2) is 5.69 Å². The van der Waals surface area contributed by atoms with Crippen LogP contribution in [0.3, 0.4) is 0 Å². The van der Waals surface area contributed by atoms with Crippen molar-refractivity contribution in [2.45, 2.75) is 19.6 Å². The molecule has 5 aromatic rings. The Morgan fingerprint density at radius 2 is 1.85 bits per heavy atom. The molecule has 6 rings (SSSR count). The van der Waals surface area contributed by atoms with Gasteiger partial charge in [-0.15, -0.1) is 0 Å². The van der Waals surface area contributed by atoms with Crippen LogP contribution in [-0.2, 0) is 13.7 Å². The van der Waals surface area contributed by atoms with Crippen LogP contribution in [0.25, 0.3) is 11.0 Å². The van der Waals surface area contributed by atoms with Gasteiger partial charge in [-0.25, -0.2) is 9.37 Å². The fraction of sp³-hybridized carbons (Fsp3) is 0.235. The lowest BCUT2D eigenvalue weighted by atomic mass is 9.92. The summed E-state index contributed by atoms with van der Waals surface area (Å²) in [6, 6.07) is 19.0. The number of rotatable bonds is 8. The average molecular weight is 699 g/mol. The van der Waals surface area contributed by atoms with Gasteiger partial charge in [-0.05, 0) is 70.4 Å². The number of nitriles is 1. The van der Waals surface area contributed by atoms with Crippen LogP contribution in [0.5, 0.6) is 5.75 Å². The molecule has 2 aromatic carbocycles. The predicted molar refractivity (Wildman–Crippen MR) is 178 cm³/mol. The van der Waals surface area contributed by atoms with Crippen molar-refractivity contribution in [1.82, 2.24) is 19.4 Å². The highest BCUT2D eigenvalue weighted by Gasteiger charge is 2.35. The summed E-state index contributed by atoms with van der Waals surface area (Å²) in [6.07, 6.45) is 3.14. The van der Waals surface area contributed by atoms with Crippen LogP contribution < -0.4 is 15.2 Å². The van der Waals surface area contributed by atoms with E-state index in [0.717, 1.165) is 22.3 Å². The highest BCUT2D eigenvalue weighted by Crippen LogP contribution is 2.40. The highest BCUT2D eigenvalue weighted by atomic mass is 79.9. The van der Waals surface area contributed by atoms with E-state index in [4.69, 9.17) is 4.74 Å². The van der Waals surface area contributed by atoms with Crippen LogP contribution >= 0.6 is 15.9 Å². The van der Waals surface area contributed by atoms with Crippen molar-refractivity contribution in [3.8, 4) is 11.8 Å². The van der Waals surface area contributed by atoms with Crippen molar-refractivity contribution in [2.75, 3.05) is 31.1 Å². The normalized spacial score (nSPS) is 14.1. The van der Waals surface area contributed by atoms with E-state index in [9.17, 15) is 24.6 Å². The first-order chi connectivity index (χ1) is 22.7. The molecule has 0 unspecified atom stereocenters. The molecule has 0 aliphatic carbocycles. The van der Waals surface area contributed by atoms with Crippen molar-refractivity contribution in [1.29, 1.82) is 5.26 Å². The van der Waals surface area contributed by atoms with Gasteiger partial charge in [-0.3, -0.25) is 24.8 Å². The molecule has 0 spiro atoms. The van der Waals surface area contributed by atoms with Crippen LogP contribution in [0, 0.1) is 34.2 Å². The summed E-state index contributed by atoms with van der Waals surface area (Å²) in [5.74, 6) is 0.276. The number of nitro groups is 1. The van der Waals surface area contributed by atoms with Crippen LogP contribution in [0.4, 0.5) is 15.8 Å². The highest BCUT2D eigenvalue weighted by molar-refractivity contribution is 9.10. The van der Waals surface area contributed by atoms with Gasteiger partial charge in [-0.2, -0.15) is 5.26 Å². The van der Waals surface area contributed by atoms with E-state index in [1.807, 2.05) is 30.0 Å². The number of hydrogen-bond donors (Lipinski definition) is 0. The Balaban J connectivity index is 1.37. The number of nitrogens with zero attached hydrogens (tertiary/aromatic N) is 7. The van der Waals surface area contributed by atoms with Crippen molar-refractivity contribution < 1.29 is 14.1 Å². The summed E-state index contributed by atoms with van der Waals surface area (Å²) in [5, 5.41) is 21.6. The molecule has 1 aliphatic rings. The fourth-order valence-corrected chi connectivity index (χ4v) is 6.46. The maximum absolute atomic E-state index is 14.1. The molecule has 0 radical (unpaired) electrons. The summed E-state index contributed by atoms with van der Waals surface area (Å²) < 4.78 is 22.2. The third kappa shape index (κ3) is 6.30. The van der Waals surface area contributed by atoms with E-state index >= 15 is 0 Å². The quantitative estimate of drug-likeness (QED) is 0.112. The number of piperazine rings is 1. The van der Waals surface area contributed by atoms with Gasteiger partial charge in [0.05, 0.1) is 22.0 Å². The third-order valence-electron chi connectivity index (χ3n) is 8.40. The Hall–Kier alpha value is -5.19. The number of ether oxygens (including phenoxy) is 1. The minimum absolute atomic E-state index is 0.186. The molecule has 13 heteroatoms. The van der Waals surface area contributed by atoms with Gasteiger partial charge in [0.1, 0.15) is 34.4 Å². The molecule has 3 aromatic heterocycles. The monoisotopic (exact) mass is 697 g/mol. The van der Waals surface area contributed by atoms with Crippen molar-refractivity contribution in [3.63, 3.8) is 0 Å². The maximum Gasteiger partial charge on any atom is 0.359 e. The zero-order valence-corrected chi connectivity index (χ0v) is 27.1. The number of hydrogen-bond acceptors (Lipinski definition) is 9. The molecule has 1 atom stereocenters. The van der Waals surface area contributed by atoms with E-state index in [-0.39, 0.29) is 24.2 Å². The summed E-state index contributed by atoms with van der Waals surface area (Å²) in [6.45, 7) is 3.84. The van der Waals surface area contributed by atoms with Gasteiger partial charge < -0.3 is 14.2 Å². The molecule has 0 bridgehead atoms. The lowest BCUT2D eigenvalue weighted by Gasteiger charge is -2.41. The first-order valence-corrected chi connectivity index (χ1v) is 15.6. The Bertz CT molecular complexity index is 2090. The fourth-order valence-electron chi connectivity index (χ4n) is 6.15. The zero-order valence-electron chi connectivity index (χ0n) is 25.6. The molecule has 0 amide bonds. The number of aromatic nitrogens is 3. The predicted octanol–water partition coefficient (Wildman–Crippen LogP) is 5.81. The summed E-state index contributed by atoms with van der Waals surface area (Å²) >= 11 is 3.38. The van der Waals surface area contributed by atoms with E-state index in [1.165, 1.54) is 29.9 Å². The van der Waals surface area contributed by atoms with Crippen LogP contribution in [-0.4, -0.2) is 50.5 Å². The van der Waals surface area contributed by atoms with Crippen LogP contribution in [0.2, 0.25) is 0 Å². The first kappa shape index (κ1) is 31.8. The topological polar surface area (TPSA) is 130 Å². The molecule has 1 saturated heterocycles. The third-order valence-corrected chi connectivity index (χ3v) is 8.84. The number of benzene rings is 2. The van der Waals surface area contributed by atoms with E-state index in [0.29, 0.717) is 53.1 Å². The van der Waals surface area contributed by atoms with Crippen molar-refractivity contribution in [3.05, 3.63) is 132 Å². The second-order valence-electron chi connectivity index (χ2n) is 11.3. The summed E-state index contributed by atoms with van der Waals surface area (Å²) in [4.78, 5) is 37.6. The molecule has 4 heterocycles. The van der Waals surface area contributed by atoms with Crippen molar-refractivity contribution in [2.24, 2.45) is 7.05 Å². The molecule has 1 aliphatic heterocycles. The molecule has 11 nitrogen and oxygen atoms in total. The average Bonchev–Trinajstić information content (AvgIpc) is 3.07. The molecule has 238 valence electrons. The Kier molecular flexibility index (Phi) is 8.97. The summed E-state index contributed by atoms with van der Waals surface area (Å²) in [5.41, 5.74) is 3.71. The minimum Gasteiger partial charge on any atom is -0.488 e. The second-order valence-corrected chi connectivity index (χ2v) is 12.1. The number of fused-ring (bicyclic) bond motifs is 1. The lowest BCUT2D eigenvalue weighted by molar-refractivity contribution is -0.385. The van der Waals surface area contributed by atoms with Crippen LogP contribution in [0.1, 0.15) is 33.9 Å². The minimum atomic E-state index is -0.703. The molecule has 47 heavy (non-hydrogen) atoms. The van der Waals surface area contributed by atoms with E-state index in [2.05, 4.69) is 36.9 Å². The van der Waals surface area contributed by atoms with Crippen molar-refractivity contribution >= 4 is 38.3 Å². The molecular weight excluding hydrogens is 669 g/mol. The van der Waals surface area contributed by atoms with Gasteiger partial charge in [-0.1, -0.05) is 24.3 Å². The van der Waals surface area contributed by atoms with Gasteiger partial charge in [0.2, 0.25) is 0 Å². The van der Waals surface area contributed by atoms with Gasteiger partial charge in [0, 0.05) is 56.7 Å². The number of anilines is 1. The summed E-state index contributed by atoms with van der Waals surface area (Å²) in [7, 11) is 1.50. The smallest absolute Gasteiger partial charge is 0.359 e. The molecule has 0 saturated carbocycles. The Labute approximate surface area is 277 Å². The standard InChI is InChI=1S/C34H29BrFN7O4/c1-21-4-3-5-27(47-20-23-16-22(17-37)18-38-19-23)29(21)31(24-6-8-25(36)9-7-24)41-12-14-42(15-13-41)32-30-26(10-11-28(35)39-30)40(2)34(44)33(32)43(45)46/h3-11,16,18-19,31H,12-15,20H2,1-2H3/t31-/m1/s1. The molecule has 1 fully saturated rings. The Morgan fingerprint density at radius 3 is 2.55 bits per heavy atom. The number of halogens is 2. The van der Waals surface area contributed by atoms with E-state index in [1.54, 1.807) is 36.5 Å². The SMILES string of the molecule is Cc1cccc(OCc2cncc(C#N)c2)c1[C@@H](c1ccc(F)cc1)N1CCN(c2c([N+](=O)[O-])c(=O)n(C)c3ccc(Br)nc23)CC1. The van der Waals surface area contributed by atoms with Crippen LogP contribution in [0.15, 0.2) is 82.5 Å². The van der Waals surface area contributed by atoms with Gasteiger partial charge in [0.25, 0.3) is 0 Å². The molecule has 0 N–H and O–H groups in total. The first-order valence-electron chi connectivity index (χ1n) is 14.8. The number of aryl methyl sites for hydroxylation is 2. The number of pyridine rings is 3. The lowest BCUT2D eigenvalue weighted by Crippen LogP contribution is -2.48. The largest absolute Gasteiger partial charge is 0.488 e. The molecular formula is C34H29BrFN7O4. The van der Waals surface area contributed by atoms with E-state index < -0.39 is 16.2 Å².